The normalized spacial score (nSPS) is 16.0. The van der Waals surface area contributed by atoms with Gasteiger partial charge in [-0.15, -0.1) is 0 Å². The third kappa shape index (κ3) is 4.62. The van der Waals surface area contributed by atoms with Crippen molar-refractivity contribution in [1.82, 2.24) is 10.3 Å². The molecule has 0 atom stereocenters. The number of nitrogens with zero attached hydrogens (tertiary/aromatic N) is 3. The molecule has 2 heterocycles. The summed E-state index contributed by atoms with van der Waals surface area (Å²) in [6.07, 6.45) is 4.65. The van der Waals surface area contributed by atoms with Gasteiger partial charge in [-0.05, 0) is 39.7 Å². The van der Waals surface area contributed by atoms with E-state index in [0.29, 0.717) is 5.56 Å². The second-order valence-electron chi connectivity index (χ2n) is 6.45. The molecule has 1 fully saturated rings. The van der Waals surface area contributed by atoms with Crippen LogP contribution in [0.1, 0.15) is 39.2 Å². The predicted octanol–water partition coefficient (Wildman–Crippen LogP) is 2.45. The number of ether oxygens (including phenoxy) is 1. The Morgan fingerprint density at radius 2 is 2.09 bits per heavy atom. The lowest BCUT2D eigenvalue weighted by molar-refractivity contribution is 0.0497. The van der Waals surface area contributed by atoms with Crippen molar-refractivity contribution in [3.63, 3.8) is 0 Å². The van der Waals surface area contributed by atoms with Crippen molar-refractivity contribution < 1.29 is 9.53 Å². The van der Waals surface area contributed by atoms with E-state index in [-0.39, 0.29) is 12.1 Å². The van der Waals surface area contributed by atoms with Gasteiger partial charge in [-0.1, -0.05) is 0 Å². The van der Waals surface area contributed by atoms with Crippen LogP contribution >= 0.6 is 0 Å². The first-order valence-electron chi connectivity index (χ1n) is 7.47. The minimum absolute atomic E-state index is 0.123. The van der Waals surface area contributed by atoms with E-state index in [1.165, 1.54) is 0 Å². The van der Waals surface area contributed by atoms with E-state index >= 15 is 0 Å². The van der Waals surface area contributed by atoms with Crippen LogP contribution in [0.25, 0.3) is 0 Å². The smallest absolute Gasteiger partial charge is 0.407 e. The van der Waals surface area contributed by atoms with Crippen LogP contribution in [0.5, 0.6) is 0 Å². The molecule has 2 rings (SSSR count). The van der Waals surface area contributed by atoms with Crippen molar-refractivity contribution in [3.8, 4) is 6.07 Å². The van der Waals surface area contributed by atoms with Crippen molar-refractivity contribution in [2.24, 2.45) is 0 Å². The van der Waals surface area contributed by atoms with Gasteiger partial charge in [-0.2, -0.15) is 5.26 Å². The molecule has 1 aromatic rings. The second kappa shape index (κ2) is 6.65. The number of anilines is 1. The van der Waals surface area contributed by atoms with Crippen molar-refractivity contribution >= 4 is 11.8 Å². The highest BCUT2D eigenvalue weighted by molar-refractivity contribution is 5.68. The zero-order chi connectivity index (χ0) is 16.2. The van der Waals surface area contributed by atoms with Crippen molar-refractivity contribution in [1.29, 1.82) is 5.26 Å². The lowest BCUT2D eigenvalue weighted by Crippen LogP contribution is -2.46. The standard InChI is InChI=1S/C16H22N4O2/c1-16(2,3)22-15(21)19-13-4-6-20(7-5-13)14-8-12(9-17)10-18-11-14/h8,10-11,13H,4-7H2,1-3H3,(H,19,21). The maximum Gasteiger partial charge on any atom is 0.407 e. The lowest BCUT2D eigenvalue weighted by atomic mass is 10.0. The first-order chi connectivity index (χ1) is 10.4. The monoisotopic (exact) mass is 302 g/mol. The van der Waals surface area contributed by atoms with E-state index in [9.17, 15) is 4.79 Å². The summed E-state index contributed by atoms with van der Waals surface area (Å²) in [6, 6.07) is 4.07. The summed E-state index contributed by atoms with van der Waals surface area (Å²) in [5, 5.41) is 11.8. The minimum atomic E-state index is -0.478. The van der Waals surface area contributed by atoms with Gasteiger partial charge in [-0.25, -0.2) is 4.79 Å². The Morgan fingerprint density at radius 1 is 1.41 bits per heavy atom. The Bertz CT molecular complexity index is 566. The Balaban J connectivity index is 1.85. The number of aromatic nitrogens is 1. The molecule has 0 radical (unpaired) electrons. The number of nitrogens with one attached hydrogen (secondary N) is 1. The van der Waals surface area contributed by atoms with Gasteiger partial charge in [0, 0.05) is 25.3 Å². The van der Waals surface area contributed by atoms with E-state index in [1.807, 2.05) is 26.8 Å². The number of amides is 1. The third-order valence-electron chi connectivity index (χ3n) is 3.43. The van der Waals surface area contributed by atoms with Crippen LogP contribution in [0.3, 0.4) is 0 Å². The van der Waals surface area contributed by atoms with Gasteiger partial charge in [0.05, 0.1) is 17.4 Å². The van der Waals surface area contributed by atoms with Gasteiger partial charge in [-0.3, -0.25) is 4.98 Å². The van der Waals surface area contributed by atoms with Gasteiger partial charge < -0.3 is 15.0 Å². The highest BCUT2D eigenvalue weighted by atomic mass is 16.6. The van der Waals surface area contributed by atoms with E-state index in [0.717, 1.165) is 31.6 Å². The Labute approximate surface area is 131 Å². The molecule has 0 spiro atoms. The summed E-state index contributed by atoms with van der Waals surface area (Å²) in [5.41, 5.74) is 1.04. The molecular formula is C16H22N4O2. The van der Waals surface area contributed by atoms with Crippen LogP contribution in [0, 0.1) is 11.3 Å². The van der Waals surface area contributed by atoms with Crippen LogP contribution < -0.4 is 10.2 Å². The summed E-state index contributed by atoms with van der Waals surface area (Å²) >= 11 is 0. The van der Waals surface area contributed by atoms with Crippen molar-refractivity contribution in [3.05, 3.63) is 24.0 Å². The summed E-state index contributed by atoms with van der Waals surface area (Å²) < 4.78 is 5.27. The Morgan fingerprint density at radius 3 is 2.68 bits per heavy atom. The highest BCUT2D eigenvalue weighted by Gasteiger charge is 2.23. The fraction of sp³-hybridized carbons (Fsp3) is 0.562. The SMILES string of the molecule is CC(C)(C)OC(=O)NC1CCN(c2cncc(C#N)c2)CC1. The van der Waals surface area contributed by atoms with Crippen LogP contribution in [0.4, 0.5) is 10.5 Å². The number of nitriles is 1. The number of piperidine rings is 1. The van der Waals surface area contributed by atoms with Crippen LogP contribution in [0.2, 0.25) is 0 Å². The molecule has 1 N–H and O–H groups in total. The topological polar surface area (TPSA) is 78.2 Å². The predicted molar refractivity (Wildman–Crippen MR) is 83.6 cm³/mol. The molecule has 0 saturated carbocycles. The molecule has 0 bridgehead atoms. The summed E-state index contributed by atoms with van der Waals surface area (Å²) in [6.45, 7) is 7.19. The lowest BCUT2D eigenvalue weighted by Gasteiger charge is -2.34. The molecule has 1 saturated heterocycles. The van der Waals surface area contributed by atoms with Crippen LogP contribution in [-0.2, 0) is 4.74 Å². The van der Waals surface area contributed by atoms with Gasteiger partial charge >= 0.3 is 6.09 Å². The van der Waals surface area contributed by atoms with E-state index < -0.39 is 5.60 Å². The fourth-order valence-electron chi connectivity index (χ4n) is 2.42. The molecule has 118 valence electrons. The first-order valence-corrected chi connectivity index (χ1v) is 7.47. The summed E-state index contributed by atoms with van der Waals surface area (Å²) in [7, 11) is 0. The zero-order valence-electron chi connectivity index (χ0n) is 13.3. The largest absolute Gasteiger partial charge is 0.444 e. The van der Waals surface area contributed by atoms with E-state index in [2.05, 4.69) is 21.3 Å². The van der Waals surface area contributed by atoms with Gasteiger partial charge in [0.25, 0.3) is 0 Å². The fourth-order valence-corrected chi connectivity index (χ4v) is 2.42. The number of hydrogen-bond donors (Lipinski definition) is 1. The molecular weight excluding hydrogens is 280 g/mol. The minimum Gasteiger partial charge on any atom is -0.444 e. The molecule has 0 aromatic carbocycles. The molecule has 0 unspecified atom stereocenters. The third-order valence-corrected chi connectivity index (χ3v) is 3.43. The molecule has 0 aliphatic carbocycles. The average molecular weight is 302 g/mol. The van der Waals surface area contributed by atoms with Crippen molar-refractivity contribution in [2.75, 3.05) is 18.0 Å². The number of pyridine rings is 1. The molecule has 1 aliphatic heterocycles. The van der Waals surface area contributed by atoms with Gasteiger partial charge in [0.15, 0.2) is 0 Å². The maximum absolute atomic E-state index is 11.8. The van der Waals surface area contributed by atoms with Crippen molar-refractivity contribution in [2.45, 2.75) is 45.3 Å². The number of rotatable bonds is 2. The Hall–Kier alpha value is -2.29. The quantitative estimate of drug-likeness (QED) is 0.908. The molecule has 1 aliphatic rings. The average Bonchev–Trinajstić information content (AvgIpc) is 2.46. The first kappa shape index (κ1) is 16.1. The Kier molecular flexibility index (Phi) is 4.86. The van der Waals surface area contributed by atoms with Gasteiger partial charge in [0.2, 0.25) is 0 Å². The maximum atomic E-state index is 11.8. The van der Waals surface area contributed by atoms with E-state index in [1.54, 1.807) is 12.4 Å². The molecule has 22 heavy (non-hydrogen) atoms. The molecule has 6 heteroatoms. The number of carbonyl (C=O) groups is 1. The zero-order valence-corrected chi connectivity index (χ0v) is 13.3. The number of hydrogen-bond acceptors (Lipinski definition) is 5. The second-order valence-corrected chi connectivity index (χ2v) is 6.45. The van der Waals surface area contributed by atoms with Crippen LogP contribution in [-0.4, -0.2) is 35.8 Å². The number of alkyl carbamates (subject to hydrolysis) is 1. The van der Waals surface area contributed by atoms with E-state index in [4.69, 9.17) is 10.00 Å². The van der Waals surface area contributed by atoms with Crippen LogP contribution in [0.15, 0.2) is 18.5 Å². The molecule has 6 nitrogen and oxygen atoms in total. The van der Waals surface area contributed by atoms with Gasteiger partial charge in [0.1, 0.15) is 11.7 Å². The number of carbonyl (C=O) groups excluding carboxylic acids is 1. The molecule has 1 amide bonds. The molecule has 1 aromatic heterocycles. The summed E-state index contributed by atoms with van der Waals surface area (Å²) in [5.74, 6) is 0. The highest BCUT2D eigenvalue weighted by Crippen LogP contribution is 2.20. The summed E-state index contributed by atoms with van der Waals surface area (Å²) in [4.78, 5) is 18.0.